The zero-order chi connectivity index (χ0) is 12.7. The molecule has 0 radical (unpaired) electrons. The van der Waals surface area contributed by atoms with Crippen molar-refractivity contribution in [1.82, 2.24) is 9.38 Å². The Hall–Kier alpha value is -0.300. The Morgan fingerprint density at radius 2 is 1.79 bits per heavy atom. The van der Waals surface area contributed by atoms with Crippen LogP contribution < -0.4 is 0 Å². The van der Waals surface area contributed by atoms with Gasteiger partial charge in [0.2, 0.25) is 0 Å². The van der Waals surface area contributed by atoms with Crippen LogP contribution >= 0.6 is 63.1 Å². The lowest BCUT2D eigenvalue weighted by molar-refractivity contribution is 1.17. The molecule has 98 valence electrons. The fourth-order valence-electron chi connectivity index (χ4n) is 1.76. The predicted octanol–water partition coefficient (Wildman–Crippen LogP) is 5.69. The van der Waals surface area contributed by atoms with Crippen LogP contribution in [0.25, 0.3) is 16.9 Å². The molecular formula is C13H8BrCl2IN2. The van der Waals surface area contributed by atoms with Gasteiger partial charge in [-0.3, -0.25) is 0 Å². The minimum atomic E-state index is 0. The number of imidazole rings is 1. The van der Waals surface area contributed by atoms with Crippen LogP contribution in [0.1, 0.15) is 0 Å². The molecule has 0 saturated heterocycles. The van der Waals surface area contributed by atoms with Gasteiger partial charge in [-0.05, 0) is 40.2 Å². The average Bonchev–Trinajstić information content (AvgIpc) is 2.75. The number of benzene rings is 1. The maximum atomic E-state index is 6.01. The smallest absolute Gasteiger partial charge is 0.137 e. The lowest BCUT2D eigenvalue weighted by Crippen LogP contribution is -1.80. The molecule has 6 heteroatoms. The van der Waals surface area contributed by atoms with Gasteiger partial charge < -0.3 is 4.40 Å². The topological polar surface area (TPSA) is 17.3 Å². The number of hydrogen-bond acceptors (Lipinski definition) is 1. The Kier molecular flexibility index (Phi) is 4.76. The van der Waals surface area contributed by atoms with Crippen LogP contribution in [0.4, 0.5) is 0 Å². The summed E-state index contributed by atoms with van der Waals surface area (Å²) in [5.41, 5.74) is 2.70. The van der Waals surface area contributed by atoms with Gasteiger partial charge in [-0.15, -0.1) is 24.0 Å². The Balaban J connectivity index is 0.00000133. The van der Waals surface area contributed by atoms with E-state index in [1.165, 1.54) is 0 Å². The highest BCUT2D eigenvalue weighted by Gasteiger charge is 2.06. The van der Waals surface area contributed by atoms with E-state index in [-0.39, 0.29) is 24.0 Å². The van der Waals surface area contributed by atoms with Crippen molar-refractivity contribution in [2.75, 3.05) is 0 Å². The fourth-order valence-corrected chi connectivity index (χ4v) is 2.41. The molecule has 0 bridgehead atoms. The minimum absolute atomic E-state index is 0. The van der Waals surface area contributed by atoms with Crippen molar-refractivity contribution in [3.05, 3.63) is 57.2 Å². The molecule has 2 heterocycles. The molecule has 0 fully saturated rings. The maximum absolute atomic E-state index is 6.01. The Labute approximate surface area is 145 Å². The summed E-state index contributed by atoms with van der Waals surface area (Å²) >= 11 is 15.3. The van der Waals surface area contributed by atoms with Gasteiger partial charge in [0.25, 0.3) is 0 Å². The van der Waals surface area contributed by atoms with Gasteiger partial charge in [0.1, 0.15) is 5.65 Å². The highest BCUT2D eigenvalue weighted by atomic mass is 127. The quantitative estimate of drug-likeness (QED) is 0.419. The van der Waals surface area contributed by atoms with Gasteiger partial charge in [0.05, 0.1) is 15.7 Å². The van der Waals surface area contributed by atoms with Crippen LogP contribution in [0.2, 0.25) is 10.0 Å². The molecule has 3 aromatic rings. The van der Waals surface area contributed by atoms with Crippen LogP contribution in [0.15, 0.2) is 47.2 Å². The number of aromatic nitrogens is 2. The summed E-state index contributed by atoms with van der Waals surface area (Å²) in [5, 5.41) is 1.08. The summed E-state index contributed by atoms with van der Waals surface area (Å²) in [6.07, 6.45) is 3.92. The molecule has 0 atom stereocenters. The third-order valence-electron chi connectivity index (χ3n) is 2.63. The molecule has 0 N–H and O–H groups in total. The van der Waals surface area contributed by atoms with E-state index in [0.29, 0.717) is 10.0 Å². The molecule has 3 rings (SSSR count). The first-order valence-electron chi connectivity index (χ1n) is 5.23. The van der Waals surface area contributed by atoms with E-state index in [9.17, 15) is 0 Å². The first-order valence-corrected chi connectivity index (χ1v) is 6.78. The third kappa shape index (κ3) is 3.07. The Morgan fingerprint density at radius 3 is 2.53 bits per heavy atom. The lowest BCUT2D eigenvalue weighted by Gasteiger charge is -1.98. The summed E-state index contributed by atoms with van der Waals surface area (Å²) in [5.74, 6) is 0. The van der Waals surface area contributed by atoms with Crippen molar-refractivity contribution in [2.24, 2.45) is 0 Å². The van der Waals surface area contributed by atoms with E-state index in [4.69, 9.17) is 23.2 Å². The second-order valence-electron chi connectivity index (χ2n) is 3.87. The number of fused-ring (bicyclic) bond motifs is 1. The third-order valence-corrected chi connectivity index (χ3v) is 3.84. The van der Waals surface area contributed by atoms with Crippen LogP contribution in [-0.2, 0) is 0 Å². The van der Waals surface area contributed by atoms with Crippen LogP contribution in [0.3, 0.4) is 0 Å². The lowest BCUT2D eigenvalue weighted by atomic mass is 10.2. The number of nitrogens with zero attached hydrogens (tertiary/aromatic N) is 2. The summed E-state index contributed by atoms with van der Waals surface area (Å²) in [7, 11) is 0. The van der Waals surface area contributed by atoms with Crippen molar-refractivity contribution < 1.29 is 0 Å². The van der Waals surface area contributed by atoms with Gasteiger partial charge in [0, 0.05) is 22.4 Å². The molecule has 0 unspecified atom stereocenters. The van der Waals surface area contributed by atoms with Gasteiger partial charge in [0.15, 0.2) is 0 Å². The first-order chi connectivity index (χ1) is 8.63. The molecule has 19 heavy (non-hydrogen) atoms. The van der Waals surface area contributed by atoms with Crippen LogP contribution in [0.5, 0.6) is 0 Å². The zero-order valence-corrected chi connectivity index (χ0v) is 14.9. The molecule has 0 amide bonds. The molecule has 0 saturated carbocycles. The van der Waals surface area contributed by atoms with Crippen LogP contribution in [0, 0.1) is 0 Å². The highest BCUT2D eigenvalue weighted by Crippen LogP contribution is 2.28. The zero-order valence-electron chi connectivity index (χ0n) is 9.48. The number of pyridine rings is 1. The monoisotopic (exact) mass is 468 g/mol. The van der Waals surface area contributed by atoms with E-state index < -0.39 is 0 Å². The Morgan fingerprint density at radius 1 is 1.00 bits per heavy atom. The van der Waals surface area contributed by atoms with E-state index in [1.54, 1.807) is 6.07 Å². The van der Waals surface area contributed by atoms with Crippen molar-refractivity contribution in [2.45, 2.75) is 0 Å². The van der Waals surface area contributed by atoms with E-state index in [1.807, 2.05) is 41.1 Å². The molecule has 2 nitrogen and oxygen atoms in total. The first kappa shape index (κ1) is 15.1. The molecule has 0 spiro atoms. The maximum Gasteiger partial charge on any atom is 0.137 e. The average molecular weight is 470 g/mol. The standard InChI is InChI=1S/C13H7BrCl2N2.HI/c14-9-2-4-13-17-12(7-18(13)6-9)8-1-3-10(15)11(16)5-8;/h1-7H;1H. The fraction of sp³-hybridized carbons (Fsp3) is 0. The van der Waals surface area contributed by atoms with E-state index in [2.05, 4.69) is 20.9 Å². The van der Waals surface area contributed by atoms with Crippen molar-refractivity contribution in [1.29, 1.82) is 0 Å². The molecule has 2 aromatic heterocycles. The van der Waals surface area contributed by atoms with Gasteiger partial charge in [-0.25, -0.2) is 4.98 Å². The van der Waals surface area contributed by atoms with Gasteiger partial charge >= 0.3 is 0 Å². The Bertz CT molecular complexity index is 743. The molecule has 0 aliphatic carbocycles. The summed E-state index contributed by atoms with van der Waals surface area (Å²) < 4.78 is 2.97. The molecular weight excluding hydrogens is 462 g/mol. The largest absolute Gasteiger partial charge is 0.305 e. The summed E-state index contributed by atoms with van der Waals surface area (Å²) in [6.45, 7) is 0. The van der Waals surface area contributed by atoms with Crippen LogP contribution in [-0.4, -0.2) is 9.38 Å². The SMILES string of the molecule is Clc1ccc(-c2cn3cc(Br)ccc3n2)cc1Cl.I. The van der Waals surface area contributed by atoms with Gasteiger partial charge in [-0.1, -0.05) is 29.3 Å². The second-order valence-corrected chi connectivity index (χ2v) is 5.60. The minimum Gasteiger partial charge on any atom is -0.305 e. The predicted molar refractivity (Wildman–Crippen MR) is 93.8 cm³/mol. The summed E-state index contributed by atoms with van der Waals surface area (Å²) in [6, 6.07) is 9.41. The van der Waals surface area contributed by atoms with Gasteiger partial charge in [-0.2, -0.15) is 0 Å². The molecule has 1 aromatic carbocycles. The number of halogens is 4. The second kappa shape index (κ2) is 5.99. The van der Waals surface area contributed by atoms with E-state index >= 15 is 0 Å². The van der Waals surface area contributed by atoms with Crippen molar-refractivity contribution in [3.8, 4) is 11.3 Å². The normalized spacial score (nSPS) is 10.5. The highest BCUT2D eigenvalue weighted by molar-refractivity contribution is 14.0. The van der Waals surface area contributed by atoms with Crippen molar-refractivity contribution >= 4 is 68.8 Å². The summed E-state index contributed by atoms with van der Waals surface area (Å²) in [4.78, 5) is 4.54. The molecule has 0 aliphatic heterocycles. The van der Waals surface area contributed by atoms with E-state index in [0.717, 1.165) is 21.4 Å². The number of hydrogen-bond donors (Lipinski definition) is 0. The van der Waals surface area contributed by atoms with Crippen molar-refractivity contribution in [3.63, 3.8) is 0 Å². The number of rotatable bonds is 1. The molecule has 0 aliphatic rings.